The summed E-state index contributed by atoms with van der Waals surface area (Å²) < 4.78 is 14.8. The molecule has 7 nitrogen and oxygen atoms in total. The molecule has 0 spiro atoms. The van der Waals surface area contributed by atoms with Crippen LogP contribution in [-0.4, -0.2) is 61.5 Å². The van der Waals surface area contributed by atoms with E-state index >= 15 is 0 Å². The Labute approximate surface area is 177 Å². The highest BCUT2D eigenvalue weighted by molar-refractivity contribution is 6.01. The summed E-state index contributed by atoms with van der Waals surface area (Å²) in [5.41, 5.74) is 7.17. The highest BCUT2D eigenvalue weighted by atomic mass is 19.1. The van der Waals surface area contributed by atoms with Crippen molar-refractivity contribution in [3.05, 3.63) is 24.0 Å². The lowest BCUT2D eigenvalue weighted by Crippen LogP contribution is -2.47. The van der Waals surface area contributed by atoms with Gasteiger partial charge in [0.05, 0.1) is 5.69 Å². The number of imide groups is 1. The molecule has 3 saturated heterocycles. The number of halogens is 1. The van der Waals surface area contributed by atoms with Crippen molar-refractivity contribution in [2.75, 3.05) is 42.9 Å². The lowest BCUT2D eigenvalue weighted by atomic mass is 9.94. The maximum absolute atomic E-state index is 14.8. The second-order valence-corrected chi connectivity index (χ2v) is 8.88. The van der Waals surface area contributed by atoms with Gasteiger partial charge in [-0.3, -0.25) is 14.9 Å². The van der Waals surface area contributed by atoms with Crippen LogP contribution in [0.3, 0.4) is 0 Å². The number of piperidine rings is 3. The Hall–Kier alpha value is -2.19. The molecule has 0 saturated carbocycles. The van der Waals surface area contributed by atoms with E-state index in [1.165, 1.54) is 6.07 Å². The number of carbonyl (C=O) groups excluding carboxylic acids is 2. The van der Waals surface area contributed by atoms with Crippen molar-refractivity contribution in [3.8, 4) is 0 Å². The van der Waals surface area contributed by atoms with E-state index in [1.807, 2.05) is 6.07 Å². The monoisotopic (exact) mass is 417 g/mol. The van der Waals surface area contributed by atoms with Gasteiger partial charge >= 0.3 is 0 Å². The van der Waals surface area contributed by atoms with Crippen LogP contribution in [0.15, 0.2) is 18.2 Å². The van der Waals surface area contributed by atoms with Gasteiger partial charge in [-0.2, -0.15) is 0 Å². The third-order valence-electron chi connectivity index (χ3n) is 6.63. The average Bonchev–Trinajstić information content (AvgIpc) is 2.73. The topological polar surface area (TPSA) is 90.7 Å². The molecule has 4 N–H and O–H groups in total. The lowest BCUT2D eigenvalue weighted by molar-refractivity contribution is -0.133. The number of nitrogens with one attached hydrogen (secondary N) is 2. The van der Waals surface area contributed by atoms with Crippen molar-refractivity contribution in [2.45, 2.75) is 50.6 Å². The normalized spacial score (nSPS) is 24.7. The molecule has 0 bridgehead atoms. The summed E-state index contributed by atoms with van der Waals surface area (Å²) in [6.45, 7) is 5.02. The van der Waals surface area contributed by atoms with Crippen molar-refractivity contribution in [3.63, 3.8) is 0 Å². The molecule has 4 rings (SSSR count). The molecule has 30 heavy (non-hydrogen) atoms. The Morgan fingerprint density at radius 3 is 2.47 bits per heavy atom. The first-order valence-electron chi connectivity index (χ1n) is 11.1. The van der Waals surface area contributed by atoms with Crippen LogP contribution in [0.1, 0.15) is 38.5 Å². The van der Waals surface area contributed by atoms with Crippen LogP contribution in [0, 0.1) is 11.7 Å². The van der Waals surface area contributed by atoms with Crippen molar-refractivity contribution >= 4 is 23.2 Å². The van der Waals surface area contributed by atoms with E-state index in [9.17, 15) is 14.0 Å². The van der Waals surface area contributed by atoms with E-state index in [2.05, 4.69) is 20.4 Å². The zero-order chi connectivity index (χ0) is 21.1. The fourth-order valence-corrected chi connectivity index (χ4v) is 4.74. The molecular weight excluding hydrogens is 385 g/mol. The van der Waals surface area contributed by atoms with E-state index in [4.69, 9.17) is 5.73 Å². The molecule has 3 aliphatic heterocycles. The number of likely N-dealkylation sites (tertiary alicyclic amines) is 1. The zero-order valence-corrected chi connectivity index (χ0v) is 17.4. The summed E-state index contributed by atoms with van der Waals surface area (Å²) >= 11 is 0. The molecule has 0 radical (unpaired) electrons. The van der Waals surface area contributed by atoms with Gasteiger partial charge in [0.2, 0.25) is 11.8 Å². The molecule has 2 amide bonds. The maximum Gasteiger partial charge on any atom is 0.249 e. The van der Waals surface area contributed by atoms with Crippen LogP contribution in [0.2, 0.25) is 0 Å². The zero-order valence-electron chi connectivity index (χ0n) is 17.4. The number of amides is 2. The molecular formula is C22H32FN5O2. The molecule has 3 fully saturated rings. The largest absolute Gasteiger partial charge is 0.374 e. The van der Waals surface area contributed by atoms with Crippen molar-refractivity contribution in [1.29, 1.82) is 0 Å². The van der Waals surface area contributed by atoms with Gasteiger partial charge in [0.1, 0.15) is 11.9 Å². The molecule has 1 aromatic rings. The van der Waals surface area contributed by atoms with Gasteiger partial charge in [-0.15, -0.1) is 0 Å². The fraction of sp³-hybridized carbons (Fsp3) is 0.636. The van der Waals surface area contributed by atoms with Gasteiger partial charge in [-0.1, -0.05) is 0 Å². The summed E-state index contributed by atoms with van der Waals surface area (Å²) in [4.78, 5) is 27.8. The second kappa shape index (κ2) is 9.31. The molecule has 3 aliphatic rings. The van der Waals surface area contributed by atoms with Crippen molar-refractivity contribution < 1.29 is 14.0 Å². The third-order valence-corrected chi connectivity index (χ3v) is 6.63. The van der Waals surface area contributed by atoms with E-state index in [1.54, 1.807) is 6.07 Å². The van der Waals surface area contributed by atoms with Crippen molar-refractivity contribution in [1.82, 2.24) is 10.2 Å². The number of anilines is 2. The van der Waals surface area contributed by atoms with Gasteiger partial charge in [-0.25, -0.2) is 4.39 Å². The second-order valence-electron chi connectivity index (χ2n) is 8.88. The van der Waals surface area contributed by atoms with E-state index in [-0.39, 0.29) is 17.6 Å². The Morgan fingerprint density at radius 1 is 1.07 bits per heavy atom. The number of rotatable bonds is 5. The minimum absolute atomic E-state index is 0.258. The first kappa shape index (κ1) is 21.1. The summed E-state index contributed by atoms with van der Waals surface area (Å²) in [5, 5.41) is 5.35. The minimum atomic E-state index is -0.506. The molecule has 8 heteroatoms. The average molecular weight is 418 g/mol. The quantitative estimate of drug-likeness (QED) is 0.632. The number of hydrogen-bond donors (Lipinski definition) is 3. The Bertz CT molecular complexity index is 773. The molecule has 0 aliphatic carbocycles. The minimum Gasteiger partial charge on any atom is -0.374 e. The first-order valence-corrected chi connectivity index (χ1v) is 11.1. The number of hydrogen-bond acceptors (Lipinski definition) is 6. The molecule has 164 valence electrons. The smallest absolute Gasteiger partial charge is 0.249 e. The van der Waals surface area contributed by atoms with Crippen LogP contribution in [0.4, 0.5) is 15.8 Å². The predicted octanol–water partition coefficient (Wildman–Crippen LogP) is 1.68. The van der Waals surface area contributed by atoms with Crippen LogP contribution in [0.5, 0.6) is 0 Å². The SMILES string of the molecule is NC1CCN(CC2CCN(c3ccc(NC4CCC(=O)NC4=O)cc3F)CC2)CC1. The number of carbonyl (C=O) groups is 2. The number of nitrogens with two attached hydrogens (primary N) is 1. The summed E-state index contributed by atoms with van der Waals surface area (Å²) in [6.07, 6.45) is 5.02. The number of benzene rings is 1. The Morgan fingerprint density at radius 2 is 1.80 bits per heavy atom. The first-order chi connectivity index (χ1) is 14.5. The fourth-order valence-electron chi connectivity index (χ4n) is 4.74. The number of nitrogens with zero attached hydrogens (tertiary/aromatic N) is 2. The Kier molecular flexibility index (Phi) is 6.53. The molecule has 1 atom stereocenters. The molecule has 0 aromatic heterocycles. The van der Waals surface area contributed by atoms with Crippen LogP contribution in [0.25, 0.3) is 0 Å². The molecule has 3 heterocycles. The van der Waals surface area contributed by atoms with Gasteiger partial charge in [0.15, 0.2) is 0 Å². The van der Waals surface area contributed by atoms with Crippen molar-refractivity contribution in [2.24, 2.45) is 11.7 Å². The van der Waals surface area contributed by atoms with Gasteiger partial charge in [0.25, 0.3) is 0 Å². The molecule has 1 unspecified atom stereocenters. The van der Waals surface area contributed by atoms with Crippen LogP contribution < -0.4 is 21.3 Å². The Balaban J connectivity index is 1.29. The van der Waals surface area contributed by atoms with Crippen LogP contribution in [-0.2, 0) is 9.59 Å². The van der Waals surface area contributed by atoms with Gasteiger partial charge in [-0.05, 0) is 69.3 Å². The predicted molar refractivity (Wildman–Crippen MR) is 115 cm³/mol. The highest BCUT2D eigenvalue weighted by Gasteiger charge is 2.27. The van der Waals surface area contributed by atoms with Gasteiger partial charge < -0.3 is 20.9 Å². The highest BCUT2D eigenvalue weighted by Crippen LogP contribution is 2.29. The summed E-state index contributed by atoms with van der Waals surface area (Å²) in [7, 11) is 0. The molecule has 1 aromatic carbocycles. The lowest BCUT2D eigenvalue weighted by Gasteiger charge is -2.38. The standard InChI is InChI=1S/C22H32FN5O2/c23-18-13-17(25-19-2-4-21(29)26-22(19)30)1-3-20(18)28-11-5-15(6-12-28)14-27-9-7-16(24)8-10-27/h1,3,13,15-16,19,25H,2,4-12,14,24H2,(H,26,29,30). The summed E-state index contributed by atoms with van der Waals surface area (Å²) in [6, 6.07) is 4.90. The van der Waals surface area contributed by atoms with E-state index in [0.29, 0.717) is 36.2 Å². The maximum atomic E-state index is 14.8. The van der Waals surface area contributed by atoms with Crippen LogP contribution >= 0.6 is 0 Å². The van der Waals surface area contributed by atoms with E-state index in [0.717, 1.165) is 58.4 Å². The van der Waals surface area contributed by atoms with E-state index < -0.39 is 6.04 Å². The third kappa shape index (κ3) is 5.10. The summed E-state index contributed by atoms with van der Waals surface area (Å²) in [5.74, 6) is -0.233. The van der Waals surface area contributed by atoms with Gasteiger partial charge in [0, 0.05) is 37.8 Å².